The Kier molecular flexibility index (Phi) is 5.08. The average molecular weight is 404 g/mol. The summed E-state index contributed by atoms with van der Waals surface area (Å²) < 4.78 is 25.4. The smallest absolute Gasteiger partial charge is 0.255 e. The molecule has 2 aromatic carbocycles. The van der Waals surface area contributed by atoms with Crippen LogP contribution < -0.4 is 5.32 Å². The van der Waals surface area contributed by atoms with Crippen LogP contribution in [-0.4, -0.2) is 30.4 Å². The van der Waals surface area contributed by atoms with Crippen LogP contribution in [0.3, 0.4) is 0 Å². The van der Waals surface area contributed by atoms with E-state index in [-0.39, 0.29) is 10.6 Å². The minimum absolute atomic E-state index is 0.0762. The number of hydrogen-bond acceptors (Lipinski definition) is 4. The first-order valence-electron chi connectivity index (χ1n) is 8.11. The summed E-state index contributed by atoms with van der Waals surface area (Å²) in [4.78, 5) is 12.6. The average Bonchev–Trinajstić information content (AvgIpc) is 2.89. The number of aromatic nitrogens is 2. The molecule has 0 aliphatic heterocycles. The number of carbonyl (C=O) groups is 1. The van der Waals surface area contributed by atoms with E-state index in [4.69, 9.17) is 11.6 Å². The Bertz CT molecular complexity index is 1120. The Morgan fingerprint density at radius 1 is 1.07 bits per heavy atom. The molecule has 6 nitrogen and oxygen atoms in total. The first-order valence-corrected chi connectivity index (χ1v) is 10.4. The van der Waals surface area contributed by atoms with Crippen LogP contribution >= 0.6 is 11.6 Å². The summed E-state index contributed by atoms with van der Waals surface area (Å²) in [5.74, 6) is -0.399. The fraction of sp³-hybridized carbons (Fsp3) is 0.158. The van der Waals surface area contributed by atoms with Crippen LogP contribution in [0, 0.1) is 13.8 Å². The second kappa shape index (κ2) is 7.17. The van der Waals surface area contributed by atoms with E-state index in [0.29, 0.717) is 10.6 Å². The quantitative estimate of drug-likeness (QED) is 0.718. The highest BCUT2D eigenvalue weighted by Gasteiger charge is 2.16. The van der Waals surface area contributed by atoms with Gasteiger partial charge >= 0.3 is 0 Å². The zero-order valence-corrected chi connectivity index (χ0v) is 16.6. The minimum Gasteiger partial charge on any atom is -0.321 e. The van der Waals surface area contributed by atoms with Crippen molar-refractivity contribution in [3.63, 3.8) is 0 Å². The SMILES string of the molecule is Cc1nn(-c2ccc(C(=O)Nc3ccccc3S(C)(=O)=O)cc2)c(C)c1Cl. The van der Waals surface area contributed by atoms with Crippen molar-refractivity contribution in [3.8, 4) is 5.69 Å². The van der Waals surface area contributed by atoms with Gasteiger partial charge in [-0.25, -0.2) is 13.1 Å². The first-order chi connectivity index (χ1) is 12.7. The number of para-hydroxylation sites is 1. The van der Waals surface area contributed by atoms with E-state index in [1.807, 2.05) is 13.8 Å². The number of nitrogens with one attached hydrogen (secondary N) is 1. The van der Waals surface area contributed by atoms with E-state index >= 15 is 0 Å². The summed E-state index contributed by atoms with van der Waals surface area (Å²) in [6, 6.07) is 13.1. The van der Waals surface area contributed by atoms with Crippen molar-refractivity contribution in [3.05, 3.63) is 70.5 Å². The highest BCUT2D eigenvalue weighted by Crippen LogP contribution is 2.24. The Morgan fingerprint density at radius 3 is 2.26 bits per heavy atom. The normalized spacial score (nSPS) is 11.4. The van der Waals surface area contributed by atoms with Crippen molar-refractivity contribution in [1.82, 2.24) is 9.78 Å². The Labute approximate surface area is 162 Å². The number of carbonyl (C=O) groups excluding carboxylic acids is 1. The maximum absolute atomic E-state index is 12.5. The van der Waals surface area contributed by atoms with Gasteiger partial charge in [-0.05, 0) is 50.2 Å². The molecule has 140 valence electrons. The van der Waals surface area contributed by atoms with Gasteiger partial charge in [0.15, 0.2) is 9.84 Å². The number of halogens is 1. The summed E-state index contributed by atoms with van der Waals surface area (Å²) in [5.41, 5.74) is 2.96. The van der Waals surface area contributed by atoms with Crippen LogP contribution in [0.5, 0.6) is 0 Å². The van der Waals surface area contributed by atoms with Gasteiger partial charge in [0.25, 0.3) is 5.91 Å². The number of benzene rings is 2. The molecular weight excluding hydrogens is 386 g/mol. The van der Waals surface area contributed by atoms with Gasteiger partial charge in [-0.1, -0.05) is 23.7 Å². The maximum Gasteiger partial charge on any atom is 0.255 e. The number of nitrogens with zero attached hydrogens (tertiary/aromatic N) is 2. The minimum atomic E-state index is -3.45. The molecule has 8 heteroatoms. The number of rotatable bonds is 4. The van der Waals surface area contributed by atoms with E-state index in [0.717, 1.165) is 23.3 Å². The van der Waals surface area contributed by atoms with E-state index in [9.17, 15) is 13.2 Å². The van der Waals surface area contributed by atoms with Gasteiger partial charge < -0.3 is 5.32 Å². The van der Waals surface area contributed by atoms with Crippen molar-refractivity contribution in [1.29, 1.82) is 0 Å². The first kappa shape index (κ1) is 19.1. The molecule has 0 saturated heterocycles. The molecule has 0 saturated carbocycles. The molecular formula is C19H18ClN3O3S. The lowest BCUT2D eigenvalue weighted by Crippen LogP contribution is -2.14. The van der Waals surface area contributed by atoms with Crippen molar-refractivity contribution in [2.24, 2.45) is 0 Å². The number of anilines is 1. The number of sulfone groups is 1. The van der Waals surface area contributed by atoms with Gasteiger partial charge in [0.05, 0.1) is 32.7 Å². The summed E-state index contributed by atoms with van der Waals surface area (Å²) in [7, 11) is -3.45. The van der Waals surface area contributed by atoms with E-state index < -0.39 is 15.7 Å². The largest absolute Gasteiger partial charge is 0.321 e. The van der Waals surface area contributed by atoms with Crippen LogP contribution in [0.1, 0.15) is 21.7 Å². The summed E-state index contributed by atoms with van der Waals surface area (Å²) >= 11 is 6.18. The van der Waals surface area contributed by atoms with Gasteiger partial charge in [0.1, 0.15) is 0 Å². The molecule has 3 rings (SSSR count). The van der Waals surface area contributed by atoms with Gasteiger partial charge in [0, 0.05) is 11.8 Å². The molecule has 0 radical (unpaired) electrons. The summed E-state index contributed by atoms with van der Waals surface area (Å²) in [5, 5.41) is 7.64. The van der Waals surface area contributed by atoms with Crippen LogP contribution in [0.4, 0.5) is 5.69 Å². The Morgan fingerprint density at radius 2 is 1.70 bits per heavy atom. The predicted octanol–water partition coefficient (Wildman–Crippen LogP) is 3.80. The van der Waals surface area contributed by atoms with Crippen molar-refractivity contribution >= 4 is 33.0 Å². The fourth-order valence-electron chi connectivity index (χ4n) is 2.72. The lowest BCUT2D eigenvalue weighted by atomic mass is 10.2. The highest BCUT2D eigenvalue weighted by molar-refractivity contribution is 7.90. The molecule has 1 amide bonds. The van der Waals surface area contributed by atoms with E-state index in [2.05, 4.69) is 10.4 Å². The molecule has 0 atom stereocenters. The van der Waals surface area contributed by atoms with E-state index in [1.165, 1.54) is 6.07 Å². The number of aryl methyl sites for hydroxylation is 1. The van der Waals surface area contributed by atoms with Crippen molar-refractivity contribution < 1.29 is 13.2 Å². The third-order valence-electron chi connectivity index (χ3n) is 4.11. The van der Waals surface area contributed by atoms with Crippen LogP contribution in [0.2, 0.25) is 5.02 Å². The van der Waals surface area contributed by atoms with Gasteiger partial charge in [-0.3, -0.25) is 4.79 Å². The maximum atomic E-state index is 12.5. The lowest BCUT2D eigenvalue weighted by Gasteiger charge is -2.10. The van der Waals surface area contributed by atoms with E-state index in [1.54, 1.807) is 47.1 Å². The standard InChI is InChI=1S/C19H18ClN3O3S/c1-12-18(20)13(2)23(22-12)15-10-8-14(9-11-15)19(24)21-16-6-4-5-7-17(16)27(3,25)26/h4-11H,1-3H3,(H,21,24). The number of amides is 1. The molecule has 27 heavy (non-hydrogen) atoms. The van der Waals surface area contributed by atoms with Crippen molar-refractivity contribution in [2.75, 3.05) is 11.6 Å². The molecule has 0 aliphatic carbocycles. The fourth-order valence-corrected chi connectivity index (χ4v) is 3.68. The molecule has 1 N–H and O–H groups in total. The monoisotopic (exact) mass is 403 g/mol. The second-order valence-corrected chi connectivity index (χ2v) is 8.53. The topological polar surface area (TPSA) is 81.1 Å². The zero-order valence-electron chi connectivity index (χ0n) is 15.0. The highest BCUT2D eigenvalue weighted by atomic mass is 35.5. The molecule has 0 fully saturated rings. The molecule has 0 aliphatic rings. The lowest BCUT2D eigenvalue weighted by molar-refractivity contribution is 0.102. The third-order valence-corrected chi connectivity index (χ3v) is 5.81. The molecule has 0 unspecified atom stereocenters. The Balaban J connectivity index is 1.86. The van der Waals surface area contributed by atoms with Crippen LogP contribution in [-0.2, 0) is 9.84 Å². The van der Waals surface area contributed by atoms with Crippen molar-refractivity contribution in [2.45, 2.75) is 18.7 Å². The number of hydrogen-bond donors (Lipinski definition) is 1. The van der Waals surface area contributed by atoms with Crippen LogP contribution in [0.15, 0.2) is 53.4 Å². The third kappa shape index (κ3) is 3.89. The molecule has 0 bridgehead atoms. The predicted molar refractivity (Wildman–Crippen MR) is 106 cm³/mol. The van der Waals surface area contributed by atoms with Gasteiger partial charge in [0.2, 0.25) is 0 Å². The van der Waals surface area contributed by atoms with Crippen LogP contribution in [0.25, 0.3) is 5.69 Å². The summed E-state index contributed by atoms with van der Waals surface area (Å²) in [6.07, 6.45) is 1.10. The zero-order chi connectivity index (χ0) is 19.8. The Hall–Kier alpha value is -2.64. The molecule has 3 aromatic rings. The second-order valence-electron chi connectivity index (χ2n) is 6.17. The molecule has 0 spiro atoms. The van der Waals surface area contributed by atoms with Gasteiger partial charge in [-0.15, -0.1) is 0 Å². The summed E-state index contributed by atoms with van der Waals surface area (Å²) in [6.45, 7) is 3.69. The molecule has 1 heterocycles. The van der Waals surface area contributed by atoms with Gasteiger partial charge in [-0.2, -0.15) is 5.10 Å². The molecule has 1 aromatic heterocycles.